The topological polar surface area (TPSA) is 49.4 Å². The molecule has 3 rings (SSSR count). The number of amides is 2. The zero-order chi connectivity index (χ0) is 17.6. The maximum atomic E-state index is 12.6. The van der Waals surface area contributed by atoms with Gasteiger partial charge in [0.15, 0.2) is 0 Å². The van der Waals surface area contributed by atoms with Crippen LogP contribution in [-0.4, -0.2) is 29.3 Å². The highest BCUT2D eigenvalue weighted by Crippen LogP contribution is 2.22. The Balaban J connectivity index is 1.52. The molecule has 1 heterocycles. The Hall–Kier alpha value is -1.84. The number of hydrogen-bond donors (Lipinski definition) is 1. The highest BCUT2D eigenvalue weighted by Gasteiger charge is 2.34. The molecule has 136 valence electrons. The molecule has 1 aromatic rings. The van der Waals surface area contributed by atoms with Crippen molar-refractivity contribution in [2.45, 2.75) is 70.9 Å². The number of hydrogen-bond acceptors (Lipinski definition) is 2. The average Bonchev–Trinajstić information content (AvgIpc) is 2.93. The van der Waals surface area contributed by atoms with Crippen LogP contribution in [0.4, 0.5) is 0 Å². The SMILES string of the molecule is Cc1ccc(CN2CC(C(=O)NC3CCCCCCC3)CC2=O)cc1. The van der Waals surface area contributed by atoms with Gasteiger partial charge in [-0.25, -0.2) is 0 Å². The first-order chi connectivity index (χ1) is 12.1. The lowest BCUT2D eigenvalue weighted by molar-refractivity contribution is -0.129. The number of aryl methyl sites for hydroxylation is 1. The summed E-state index contributed by atoms with van der Waals surface area (Å²) in [5, 5.41) is 3.22. The minimum Gasteiger partial charge on any atom is -0.353 e. The molecule has 0 radical (unpaired) electrons. The van der Waals surface area contributed by atoms with E-state index < -0.39 is 0 Å². The lowest BCUT2D eigenvalue weighted by atomic mass is 9.96. The van der Waals surface area contributed by atoms with Crippen LogP contribution in [0, 0.1) is 12.8 Å². The summed E-state index contributed by atoms with van der Waals surface area (Å²) in [6.07, 6.45) is 8.80. The van der Waals surface area contributed by atoms with E-state index in [1.54, 1.807) is 0 Å². The summed E-state index contributed by atoms with van der Waals surface area (Å²) in [5.74, 6) is -0.0212. The number of carbonyl (C=O) groups is 2. The third kappa shape index (κ3) is 5.07. The molecule has 4 heteroatoms. The zero-order valence-electron chi connectivity index (χ0n) is 15.3. The molecule has 1 aliphatic heterocycles. The van der Waals surface area contributed by atoms with Gasteiger partial charge in [0.1, 0.15) is 0 Å². The third-order valence-corrected chi connectivity index (χ3v) is 5.53. The monoisotopic (exact) mass is 342 g/mol. The standard InChI is InChI=1S/C21H30N2O2/c1-16-9-11-17(12-10-16)14-23-15-18(13-20(23)24)21(25)22-19-7-5-3-2-4-6-8-19/h9-12,18-19H,2-8,13-15H2,1H3,(H,22,25). The molecule has 2 aliphatic rings. The quantitative estimate of drug-likeness (QED) is 0.909. The van der Waals surface area contributed by atoms with E-state index in [0.29, 0.717) is 25.6 Å². The fourth-order valence-electron chi connectivity index (χ4n) is 3.93. The molecule has 1 aliphatic carbocycles. The maximum absolute atomic E-state index is 12.6. The second kappa shape index (κ2) is 8.50. The van der Waals surface area contributed by atoms with Crippen molar-refractivity contribution < 1.29 is 9.59 Å². The number of likely N-dealkylation sites (tertiary alicyclic amines) is 1. The van der Waals surface area contributed by atoms with Gasteiger partial charge in [-0.2, -0.15) is 0 Å². The average molecular weight is 342 g/mol. The van der Waals surface area contributed by atoms with E-state index in [2.05, 4.69) is 36.5 Å². The van der Waals surface area contributed by atoms with Gasteiger partial charge in [-0.15, -0.1) is 0 Å². The minimum absolute atomic E-state index is 0.0744. The van der Waals surface area contributed by atoms with Crippen molar-refractivity contribution in [3.05, 3.63) is 35.4 Å². The lowest BCUT2D eigenvalue weighted by Gasteiger charge is -2.23. The van der Waals surface area contributed by atoms with Crippen LogP contribution in [0.5, 0.6) is 0 Å². The van der Waals surface area contributed by atoms with Gasteiger partial charge in [0.05, 0.1) is 5.92 Å². The molecule has 1 saturated carbocycles. The van der Waals surface area contributed by atoms with E-state index in [1.807, 2.05) is 4.90 Å². The van der Waals surface area contributed by atoms with Crippen molar-refractivity contribution in [3.63, 3.8) is 0 Å². The molecule has 1 atom stereocenters. The van der Waals surface area contributed by atoms with Crippen molar-refractivity contribution >= 4 is 11.8 Å². The first kappa shape index (κ1) is 18.0. The van der Waals surface area contributed by atoms with Crippen molar-refractivity contribution in [2.24, 2.45) is 5.92 Å². The van der Waals surface area contributed by atoms with Crippen molar-refractivity contribution in [1.29, 1.82) is 0 Å². The number of nitrogens with zero attached hydrogens (tertiary/aromatic N) is 1. The molecular weight excluding hydrogens is 312 g/mol. The molecule has 0 bridgehead atoms. The summed E-state index contributed by atoms with van der Waals surface area (Å²) < 4.78 is 0. The van der Waals surface area contributed by atoms with Crippen molar-refractivity contribution in [2.75, 3.05) is 6.54 Å². The summed E-state index contributed by atoms with van der Waals surface area (Å²) in [6.45, 7) is 3.21. The molecule has 1 aromatic carbocycles. The van der Waals surface area contributed by atoms with Crippen LogP contribution in [0.25, 0.3) is 0 Å². The number of nitrogens with one attached hydrogen (secondary N) is 1. The zero-order valence-corrected chi connectivity index (χ0v) is 15.3. The number of rotatable bonds is 4. The van der Waals surface area contributed by atoms with Gasteiger partial charge < -0.3 is 10.2 Å². The number of carbonyl (C=O) groups excluding carboxylic acids is 2. The van der Waals surface area contributed by atoms with Crippen LogP contribution < -0.4 is 5.32 Å². The van der Waals surface area contributed by atoms with Gasteiger partial charge in [0.25, 0.3) is 0 Å². The van der Waals surface area contributed by atoms with Gasteiger partial charge >= 0.3 is 0 Å². The van der Waals surface area contributed by atoms with Gasteiger partial charge in [0.2, 0.25) is 11.8 Å². The summed E-state index contributed by atoms with van der Waals surface area (Å²) >= 11 is 0. The smallest absolute Gasteiger partial charge is 0.225 e. The lowest BCUT2D eigenvalue weighted by Crippen LogP contribution is -2.40. The van der Waals surface area contributed by atoms with Gasteiger partial charge in [-0.1, -0.05) is 61.9 Å². The van der Waals surface area contributed by atoms with Crippen LogP contribution >= 0.6 is 0 Å². The van der Waals surface area contributed by atoms with Crippen molar-refractivity contribution in [1.82, 2.24) is 10.2 Å². The first-order valence-electron chi connectivity index (χ1n) is 9.75. The Morgan fingerprint density at radius 2 is 1.72 bits per heavy atom. The largest absolute Gasteiger partial charge is 0.353 e. The Morgan fingerprint density at radius 1 is 1.08 bits per heavy atom. The van der Waals surface area contributed by atoms with Crippen LogP contribution in [0.3, 0.4) is 0 Å². The summed E-state index contributed by atoms with van der Waals surface area (Å²) in [7, 11) is 0. The van der Waals surface area contributed by atoms with E-state index in [9.17, 15) is 9.59 Å². The summed E-state index contributed by atoms with van der Waals surface area (Å²) in [6, 6.07) is 8.55. The van der Waals surface area contributed by atoms with Crippen LogP contribution in [0.2, 0.25) is 0 Å². The molecule has 1 saturated heterocycles. The second-order valence-electron chi connectivity index (χ2n) is 7.71. The van der Waals surface area contributed by atoms with E-state index >= 15 is 0 Å². The van der Waals surface area contributed by atoms with E-state index in [1.165, 1.54) is 37.7 Å². The molecule has 1 unspecified atom stereocenters. The van der Waals surface area contributed by atoms with E-state index in [0.717, 1.165) is 18.4 Å². The molecule has 25 heavy (non-hydrogen) atoms. The second-order valence-corrected chi connectivity index (χ2v) is 7.71. The molecule has 2 fully saturated rings. The molecule has 4 nitrogen and oxygen atoms in total. The number of benzene rings is 1. The fourth-order valence-corrected chi connectivity index (χ4v) is 3.93. The van der Waals surface area contributed by atoms with Crippen molar-refractivity contribution in [3.8, 4) is 0 Å². The Kier molecular flexibility index (Phi) is 6.11. The Morgan fingerprint density at radius 3 is 2.40 bits per heavy atom. The third-order valence-electron chi connectivity index (χ3n) is 5.53. The maximum Gasteiger partial charge on any atom is 0.225 e. The molecule has 0 spiro atoms. The van der Waals surface area contributed by atoms with Gasteiger partial charge in [-0.3, -0.25) is 9.59 Å². The predicted octanol–water partition coefficient (Wildman–Crippen LogP) is 3.57. The predicted molar refractivity (Wildman–Crippen MR) is 99.0 cm³/mol. The first-order valence-corrected chi connectivity index (χ1v) is 9.75. The summed E-state index contributed by atoms with van der Waals surface area (Å²) in [4.78, 5) is 26.7. The van der Waals surface area contributed by atoms with Crippen LogP contribution in [0.15, 0.2) is 24.3 Å². The summed E-state index contributed by atoms with van der Waals surface area (Å²) in [5.41, 5.74) is 2.34. The minimum atomic E-state index is -0.191. The molecular formula is C21H30N2O2. The fraction of sp³-hybridized carbons (Fsp3) is 0.619. The van der Waals surface area contributed by atoms with Gasteiger partial charge in [-0.05, 0) is 25.3 Å². The van der Waals surface area contributed by atoms with Gasteiger partial charge in [0, 0.05) is 25.6 Å². The van der Waals surface area contributed by atoms with E-state index in [4.69, 9.17) is 0 Å². The molecule has 0 aromatic heterocycles. The van der Waals surface area contributed by atoms with E-state index in [-0.39, 0.29) is 17.7 Å². The highest BCUT2D eigenvalue weighted by atomic mass is 16.2. The molecule has 1 N–H and O–H groups in total. The normalized spacial score (nSPS) is 22.5. The molecule has 2 amide bonds. The van der Waals surface area contributed by atoms with Crippen LogP contribution in [-0.2, 0) is 16.1 Å². The Bertz CT molecular complexity index is 588. The highest BCUT2D eigenvalue weighted by molar-refractivity contribution is 5.89. The van der Waals surface area contributed by atoms with Crippen LogP contribution in [0.1, 0.15) is 62.5 Å². The Labute approximate surface area is 151 Å².